The Morgan fingerprint density at radius 2 is 2.32 bits per heavy atom. The highest BCUT2D eigenvalue weighted by atomic mass is 79.9. The van der Waals surface area contributed by atoms with Gasteiger partial charge >= 0.3 is 5.97 Å². The van der Waals surface area contributed by atoms with Crippen molar-refractivity contribution in [1.29, 1.82) is 0 Å². The first-order chi connectivity index (χ1) is 9.01. The van der Waals surface area contributed by atoms with Crippen molar-refractivity contribution in [2.45, 2.75) is 6.42 Å². The predicted molar refractivity (Wildman–Crippen MR) is 69.6 cm³/mol. The van der Waals surface area contributed by atoms with Gasteiger partial charge in [0.25, 0.3) is 0 Å². The number of hydrogen-bond acceptors (Lipinski definition) is 3. The molecule has 0 saturated heterocycles. The van der Waals surface area contributed by atoms with Gasteiger partial charge < -0.3 is 14.8 Å². The zero-order valence-corrected chi connectivity index (χ0v) is 11.5. The van der Waals surface area contributed by atoms with Crippen LogP contribution in [0.3, 0.4) is 0 Å². The van der Waals surface area contributed by atoms with Gasteiger partial charge in [-0.1, -0.05) is 0 Å². The van der Waals surface area contributed by atoms with E-state index in [1.807, 2.05) is 0 Å². The van der Waals surface area contributed by atoms with Crippen LogP contribution in [-0.4, -0.2) is 28.2 Å². The standard InChI is InChI=1S/C12H10BrFN2O3/c1-19-9-3-2-6(14)4-7(9)12-15-8(5-10(17)18)11(13)16-12/h2-4H,5H2,1H3,(H,15,16)(H,17,18). The zero-order valence-electron chi connectivity index (χ0n) is 9.91. The predicted octanol–water partition coefficient (Wildman–Crippen LogP) is 2.61. The van der Waals surface area contributed by atoms with Gasteiger partial charge in [-0.05, 0) is 34.1 Å². The maximum atomic E-state index is 13.3. The minimum Gasteiger partial charge on any atom is -0.496 e. The largest absolute Gasteiger partial charge is 0.496 e. The maximum Gasteiger partial charge on any atom is 0.309 e. The SMILES string of the molecule is COc1ccc(F)cc1-c1nc(Br)c(CC(=O)O)[nH]1. The number of benzene rings is 1. The molecule has 0 saturated carbocycles. The molecule has 0 atom stereocenters. The fourth-order valence-corrected chi connectivity index (χ4v) is 2.07. The highest BCUT2D eigenvalue weighted by molar-refractivity contribution is 9.10. The first-order valence-electron chi connectivity index (χ1n) is 5.31. The van der Waals surface area contributed by atoms with E-state index in [1.54, 1.807) is 0 Å². The third-order valence-electron chi connectivity index (χ3n) is 2.47. The molecule has 2 rings (SSSR count). The minimum absolute atomic E-state index is 0.203. The third kappa shape index (κ3) is 2.93. The highest BCUT2D eigenvalue weighted by Crippen LogP contribution is 2.30. The first-order valence-corrected chi connectivity index (χ1v) is 6.10. The van der Waals surface area contributed by atoms with E-state index in [-0.39, 0.29) is 6.42 Å². The number of ether oxygens (including phenoxy) is 1. The van der Waals surface area contributed by atoms with Crippen LogP contribution in [0.15, 0.2) is 22.8 Å². The van der Waals surface area contributed by atoms with Crippen molar-refractivity contribution >= 4 is 21.9 Å². The van der Waals surface area contributed by atoms with Crippen LogP contribution in [0, 0.1) is 5.82 Å². The van der Waals surface area contributed by atoms with E-state index in [2.05, 4.69) is 25.9 Å². The lowest BCUT2D eigenvalue weighted by molar-refractivity contribution is -0.136. The fourth-order valence-electron chi connectivity index (χ4n) is 1.65. The summed E-state index contributed by atoms with van der Waals surface area (Å²) in [5, 5.41) is 8.76. The molecule has 1 aromatic carbocycles. The van der Waals surface area contributed by atoms with E-state index in [1.165, 1.54) is 25.3 Å². The number of nitrogens with one attached hydrogen (secondary N) is 1. The molecule has 0 aliphatic rings. The Kier molecular flexibility index (Phi) is 3.84. The molecule has 0 radical (unpaired) electrons. The van der Waals surface area contributed by atoms with Gasteiger partial charge in [-0.15, -0.1) is 0 Å². The van der Waals surface area contributed by atoms with Crippen molar-refractivity contribution in [2.24, 2.45) is 0 Å². The number of hydrogen-bond donors (Lipinski definition) is 2. The molecule has 0 bridgehead atoms. The van der Waals surface area contributed by atoms with Crippen LogP contribution >= 0.6 is 15.9 Å². The summed E-state index contributed by atoms with van der Waals surface area (Å²) in [6.07, 6.45) is -0.203. The molecular weight excluding hydrogens is 319 g/mol. The number of carboxylic acids is 1. The molecule has 5 nitrogen and oxygen atoms in total. The summed E-state index contributed by atoms with van der Waals surface area (Å²) in [6, 6.07) is 4.03. The lowest BCUT2D eigenvalue weighted by Crippen LogP contribution is -2.00. The second-order valence-electron chi connectivity index (χ2n) is 3.77. The number of nitrogens with zero attached hydrogens (tertiary/aromatic N) is 1. The number of imidazole rings is 1. The summed E-state index contributed by atoms with van der Waals surface area (Å²) in [5.74, 6) is -0.616. The summed E-state index contributed by atoms with van der Waals surface area (Å²) in [5.41, 5.74) is 0.841. The van der Waals surface area contributed by atoms with E-state index in [9.17, 15) is 9.18 Å². The number of rotatable bonds is 4. The van der Waals surface area contributed by atoms with Gasteiger partial charge in [0.15, 0.2) is 0 Å². The molecule has 0 amide bonds. The smallest absolute Gasteiger partial charge is 0.309 e. The maximum absolute atomic E-state index is 13.3. The molecule has 2 N–H and O–H groups in total. The summed E-state index contributed by atoms with van der Waals surface area (Å²) < 4.78 is 18.8. The van der Waals surface area contributed by atoms with Gasteiger partial charge in [0.2, 0.25) is 0 Å². The number of methoxy groups -OCH3 is 1. The van der Waals surface area contributed by atoms with Crippen LogP contribution < -0.4 is 4.74 Å². The topological polar surface area (TPSA) is 75.2 Å². The average molecular weight is 329 g/mol. The second kappa shape index (κ2) is 5.40. The van der Waals surface area contributed by atoms with E-state index < -0.39 is 11.8 Å². The summed E-state index contributed by atoms with van der Waals surface area (Å²) in [4.78, 5) is 17.7. The van der Waals surface area contributed by atoms with Crippen molar-refractivity contribution in [2.75, 3.05) is 7.11 Å². The Hall–Kier alpha value is -1.89. The van der Waals surface area contributed by atoms with Crippen LogP contribution in [0.2, 0.25) is 0 Å². The molecule has 2 aromatic rings. The van der Waals surface area contributed by atoms with Gasteiger partial charge in [-0.3, -0.25) is 4.79 Å². The number of aliphatic carboxylic acids is 1. The van der Waals surface area contributed by atoms with E-state index >= 15 is 0 Å². The molecule has 0 unspecified atom stereocenters. The Bertz CT molecular complexity index is 627. The van der Waals surface area contributed by atoms with Gasteiger partial charge in [-0.2, -0.15) is 0 Å². The second-order valence-corrected chi connectivity index (χ2v) is 4.52. The molecule has 1 aromatic heterocycles. The third-order valence-corrected chi connectivity index (χ3v) is 3.13. The highest BCUT2D eigenvalue weighted by Gasteiger charge is 2.15. The number of aromatic amines is 1. The van der Waals surface area contributed by atoms with Crippen LogP contribution in [0.25, 0.3) is 11.4 Å². The molecule has 0 aliphatic carbocycles. The number of aromatic nitrogens is 2. The van der Waals surface area contributed by atoms with Crippen LogP contribution in [-0.2, 0) is 11.2 Å². The van der Waals surface area contributed by atoms with Crippen LogP contribution in [0.4, 0.5) is 4.39 Å². The molecule has 1 heterocycles. The van der Waals surface area contributed by atoms with Gasteiger partial charge in [-0.25, -0.2) is 9.37 Å². The van der Waals surface area contributed by atoms with Crippen LogP contribution in [0.1, 0.15) is 5.69 Å². The van der Waals surface area contributed by atoms with Gasteiger partial charge in [0, 0.05) is 0 Å². The number of carbonyl (C=O) groups is 1. The number of carboxylic acid groups (broad SMARTS) is 1. The minimum atomic E-state index is -0.984. The van der Waals surface area contributed by atoms with E-state index in [0.717, 1.165) is 0 Å². The Labute approximate surface area is 116 Å². The molecule has 100 valence electrons. The van der Waals surface area contributed by atoms with E-state index in [0.29, 0.717) is 27.4 Å². The van der Waals surface area contributed by atoms with Crippen molar-refractivity contribution < 1.29 is 19.0 Å². The molecular formula is C12H10BrFN2O3. The van der Waals surface area contributed by atoms with Crippen molar-refractivity contribution in [3.05, 3.63) is 34.3 Å². The summed E-state index contributed by atoms with van der Waals surface area (Å²) in [6.45, 7) is 0. The molecule has 7 heteroatoms. The fraction of sp³-hybridized carbons (Fsp3) is 0.167. The quantitative estimate of drug-likeness (QED) is 0.904. The molecule has 19 heavy (non-hydrogen) atoms. The molecule has 0 fully saturated rings. The Balaban J connectivity index is 2.47. The summed E-state index contributed by atoms with van der Waals surface area (Å²) in [7, 11) is 1.47. The molecule has 0 aliphatic heterocycles. The van der Waals surface area contributed by atoms with Crippen molar-refractivity contribution in [1.82, 2.24) is 9.97 Å². The van der Waals surface area contributed by atoms with Gasteiger partial charge in [0.1, 0.15) is 22.0 Å². The number of halogens is 2. The first kappa shape index (κ1) is 13.5. The lowest BCUT2D eigenvalue weighted by atomic mass is 10.2. The normalized spacial score (nSPS) is 10.5. The van der Waals surface area contributed by atoms with Crippen molar-refractivity contribution in [3.63, 3.8) is 0 Å². The Morgan fingerprint density at radius 3 is 2.95 bits per heavy atom. The van der Waals surface area contributed by atoms with Crippen LogP contribution in [0.5, 0.6) is 5.75 Å². The average Bonchev–Trinajstić information content (AvgIpc) is 2.70. The van der Waals surface area contributed by atoms with E-state index in [4.69, 9.17) is 9.84 Å². The number of H-pyrrole nitrogens is 1. The summed E-state index contributed by atoms with van der Waals surface area (Å²) >= 11 is 3.17. The monoisotopic (exact) mass is 328 g/mol. The van der Waals surface area contributed by atoms with Gasteiger partial charge in [0.05, 0.1) is 24.8 Å². The molecule has 0 spiro atoms. The lowest BCUT2D eigenvalue weighted by Gasteiger charge is -2.05. The Morgan fingerprint density at radius 1 is 1.58 bits per heavy atom. The zero-order chi connectivity index (χ0) is 14.0. The van der Waals surface area contributed by atoms with Crippen molar-refractivity contribution in [3.8, 4) is 17.1 Å².